The Labute approximate surface area is 738 Å². The van der Waals surface area contributed by atoms with Crippen LogP contribution < -0.4 is 0 Å². The van der Waals surface area contributed by atoms with E-state index in [1.165, 1.54) is 109 Å². The van der Waals surface area contributed by atoms with E-state index in [2.05, 4.69) is 97.1 Å². The highest BCUT2D eigenvalue weighted by Gasteiger charge is 2.55. The van der Waals surface area contributed by atoms with Crippen molar-refractivity contribution >= 4 is 59.8 Å². The predicted molar refractivity (Wildman–Crippen MR) is 479 cm³/mol. The molecule has 126 heavy (non-hydrogen) atoms. The molecule has 4 fully saturated rings. The minimum absolute atomic E-state index is 0.0537. The molecule has 4 amide bonds. The van der Waals surface area contributed by atoms with E-state index in [1.54, 1.807) is 4.90 Å². The van der Waals surface area contributed by atoms with Gasteiger partial charge in [-0.25, -0.2) is 19.2 Å². The summed E-state index contributed by atoms with van der Waals surface area (Å²) in [6, 6.07) is 63.0. The normalized spacial score (nSPS) is 21.6. The lowest BCUT2D eigenvalue weighted by Crippen LogP contribution is -2.55. The largest absolute Gasteiger partial charge is 0.480 e. The molecular formula is C104H116N4O18. The Morgan fingerprint density at radius 2 is 0.603 bits per heavy atom. The fourth-order valence-electron chi connectivity index (χ4n) is 19.4. The van der Waals surface area contributed by atoms with Crippen molar-refractivity contribution in [3.8, 4) is 44.5 Å². The van der Waals surface area contributed by atoms with Gasteiger partial charge in [0.05, 0.1) is 12.1 Å². The molecule has 8 aromatic rings. The number of carbonyl (C=O) groups excluding carboxylic acids is 9. The highest BCUT2D eigenvalue weighted by molar-refractivity contribution is 5.94. The third kappa shape index (κ3) is 20.4. The summed E-state index contributed by atoms with van der Waals surface area (Å²) in [6.07, 6.45) is 9.40. The Kier molecular flexibility index (Phi) is 27.9. The zero-order chi connectivity index (χ0) is 90.4. The summed E-state index contributed by atoms with van der Waals surface area (Å²) in [5, 5.41) is 9.74. The molecule has 0 spiro atoms. The number of hydrogen-bond acceptors (Lipinski definition) is 17. The molecule has 6 heterocycles. The minimum Gasteiger partial charge on any atom is -0.480 e. The Balaban J connectivity index is 0.000000135. The molecule has 10 atom stereocenters. The molecule has 10 aliphatic rings. The minimum atomic E-state index is -0.995. The second-order valence-electron chi connectivity index (χ2n) is 36.8. The van der Waals surface area contributed by atoms with Crippen molar-refractivity contribution in [2.75, 3.05) is 39.5 Å². The van der Waals surface area contributed by atoms with Crippen molar-refractivity contribution in [3.63, 3.8) is 0 Å². The van der Waals surface area contributed by atoms with Gasteiger partial charge in [-0.1, -0.05) is 232 Å². The number of likely N-dealkylation sites (tertiary alicyclic amines) is 2. The summed E-state index contributed by atoms with van der Waals surface area (Å²) >= 11 is 0. The van der Waals surface area contributed by atoms with Crippen molar-refractivity contribution in [3.05, 3.63) is 263 Å². The van der Waals surface area contributed by atoms with E-state index in [0.717, 1.165) is 22.3 Å². The van der Waals surface area contributed by atoms with Crippen LogP contribution in [0.2, 0.25) is 0 Å². The molecule has 8 aromatic carbocycles. The number of esters is 5. The summed E-state index contributed by atoms with van der Waals surface area (Å²) in [6.45, 7) is 28.5. The average Bonchev–Trinajstić information content (AvgIpc) is 1.39. The lowest BCUT2D eigenvalue weighted by atomic mass is 9.97. The van der Waals surface area contributed by atoms with Crippen LogP contribution in [0.15, 0.2) is 218 Å². The number of nitrogens with zero attached hydrogens (tertiary/aromatic N) is 4. The lowest BCUT2D eigenvalue weighted by Gasteiger charge is -2.34. The molecule has 0 saturated carbocycles. The van der Waals surface area contributed by atoms with Crippen LogP contribution in [0.1, 0.15) is 198 Å². The molecule has 0 aromatic heterocycles. The van der Waals surface area contributed by atoms with Crippen LogP contribution in [0, 0.1) is 23.7 Å². The molecule has 22 heteroatoms. The standard InChI is InChI=1S/C28H28N2O5.C22H34N2O5.3C16H14O2.C6H12O2/c1-16-14-24(27(32)33)30-23(16)11-10-17-12-13-29(25(17)26(30)31)28(34)35-15-22-20-8-4-2-6-18(20)19-7-3-5-9-21(19)22;1-13-12-16(19(26)28-21(2,3)4)24-15(13)9-8-14-10-11-23(17(14)18(24)25)20(27)29-22(5,6)7;3*1-11(17)18-10-16-14-8-4-2-6-12(14)13-7-3-5-9-15(13)16;1-5(7)8-6(2,3)4/h2-11,16-17,22-25H,12-15H2,1H3,(H,32,33);8-9,13-17H,10-12H2,1-7H3;3*2-9,16H,10H2,1H3;1-4H3/t16-,17+,23+,24+,25+;13-,14+,15+,16+,17+;;;;/m11..../s1. The van der Waals surface area contributed by atoms with E-state index in [4.69, 9.17) is 33.2 Å². The number of carboxylic acid groups (broad SMARTS) is 1. The van der Waals surface area contributed by atoms with E-state index in [1.807, 2.05) is 198 Å². The number of aliphatic carboxylic acids is 1. The summed E-state index contributed by atoms with van der Waals surface area (Å²) in [7, 11) is 0. The first-order valence-electron chi connectivity index (χ1n) is 43.7. The van der Waals surface area contributed by atoms with Crippen LogP contribution in [0.5, 0.6) is 0 Å². The van der Waals surface area contributed by atoms with Gasteiger partial charge < -0.3 is 48.1 Å². The maximum atomic E-state index is 13.6. The second kappa shape index (κ2) is 38.6. The second-order valence-corrected chi connectivity index (χ2v) is 36.8. The monoisotopic (exact) mass is 1710 g/mol. The van der Waals surface area contributed by atoms with Crippen LogP contribution in [0.4, 0.5) is 9.59 Å². The summed E-state index contributed by atoms with van der Waals surface area (Å²) in [4.78, 5) is 128. The van der Waals surface area contributed by atoms with Crippen LogP contribution in [-0.4, -0.2) is 177 Å². The smallest absolute Gasteiger partial charge is 0.410 e. The summed E-state index contributed by atoms with van der Waals surface area (Å²) in [5.41, 5.74) is 18.0. The molecule has 0 unspecified atom stereocenters. The van der Waals surface area contributed by atoms with Crippen LogP contribution >= 0.6 is 0 Å². The third-order valence-electron chi connectivity index (χ3n) is 24.5. The molecule has 0 bridgehead atoms. The first-order chi connectivity index (χ1) is 60.0. The molecule has 4 aliphatic carbocycles. The quantitative estimate of drug-likeness (QED) is 0.0757. The van der Waals surface area contributed by atoms with Crippen molar-refractivity contribution in [2.24, 2.45) is 23.7 Å². The zero-order valence-electron chi connectivity index (χ0n) is 74.6. The third-order valence-corrected chi connectivity index (χ3v) is 24.5. The number of carboxylic acids is 1. The molecule has 0 radical (unpaired) electrons. The summed E-state index contributed by atoms with van der Waals surface area (Å²) in [5.74, 6) is -2.30. The fraction of sp³-hybridized carbons (Fsp3) is 0.404. The van der Waals surface area contributed by atoms with Crippen molar-refractivity contribution < 1.29 is 86.2 Å². The fourth-order valence-corrected chi connectivity index (χ4v) is 19.4. The van der Waals surface area contributed by atoms with Gasteiger partial charge in [0.15, 0.2) is 0 Å². The summed E-state index contributed by atoms with van der Waals surface area (Å²) < 4.78 is 37.4. The first kappa shape index (κ1) is 91.2. The van der Waals surface area contributed by atoms with Gasteiger partial charge >= 0.3 is 48.0 Å². The van der Waals surface area contributed by atoms with E-state index in [0.29, 0.717) is 58.6 Å². The average molecular weight is 1710 g/mol. The van der Waals surface area contributed by atoms with Gasteiger partial charge in [0.2, 0.25) is 11.8 Å². The number of ether oxygens (including phenoxy) is 7. The van der Waals surface area contributed by atoms with Gasteiger partial charge in [0.1, 0.15) is 67.4 Å². The van der Waals surface area contributed by atoms with E-state index >= 15 is 0 Å². The van der Waals surface area contributed by atoms with Gasteiger partial charge in [0, 0.05) is 76.3 Å². The Morgan fingerprint density at radius 1 is 0.341 bits per heavy atom. The number of rotatable bonds is 10. The number of fused-ring (bicyclic) bond motifs is 16. The number of benzene rings is 8. The SMILES string of the molecule is CC(=O)OC(C)(C)C.CC(=O)OCC1c2ccccc2-c2ccccc21.CC(=O)OCC1c2ccccc2-c2ccccc21.CC(=O)OCC1c2ccccc2-c2ccccc21.C[C@@H]1C[C@@H](C(=O)O)N2C(=O)[C@@H]3[C@@H](C=C[C@@H]12)CCN3C(=O)OCC1c2ccccc2-c2ccccc21.C[C@@H]1C[C@@H](C(=O)OC(C)(C)C)N2C(=O)[C@@H]3[C@@H](C=C[C@@H]12)CCN3C(=O)OC(C)(C)C. The topological polar surface area (TPSA) is 269 Å². The maximum Gasteiger partial charge on any atom is 0.410 e. The van der Waals surface area contributed by atoms with E-state index in [9.17, 15) is 53.1 Å². The zero-order valence-corrected chi connectivity index (χ0v) is 74.6. The number of amides is 4. The number of hydrogen-bond donors (Lipinski definition) is 1. The van der Waals surface area contributed by atoms with Crippen LogP contribution in [0.3, 0.4) is 0 Å². The highest BCUT2D eigenvalue weighted by atomic mass is 16.6. The first-order valence-corrected chi connectivity index (χ1v) is 43.7. The van der Waals surface area contributed by atoms with Crippen molar-refractivity contribution in [1.29, 1.82) is 0 Å². The van der Waals surface area contributed by atoms with Gasteiger partial charge in [0.25, 0.3) is 0 Å². The molecule has 22 nitrogen and oxygen atoms in total. The van der Waals surface area contributed by atoms with Crippen molar-refractivity contribution in [2.45, 2.75) is 206 Å². The Bertz CT molecular complexity index is 5030. The number of carbonyl (C=O) groups is 10. The molecule has 18 rings (SSSR count). The van der Waals surface area contributed by atoms with Crippen LogP contribution in [0.25, 0.3) is 44.5 Å². The molecular weight excluding hydrogens is 1590 g/mol. The van der Waals surface area contributed by atoms with Gasteiger partial charge in [-0.15, -0.1) is 0 Å². The molecule has 4 saturated heterocycles. The van der Waals surface area contributed by atoms with Crippen LogP contribution in [-0.2, 0) is 71.5 Å². The lowest BCUT2D eigenvalue weighted by molar-refractivity contribution is -0.164. The van der Waals surface area contributed by atoms with Crippen molar-refractivity contribution in [1.82, 2.24) is 19.6 Å². The highest BCUT2D eigenvalue weighted by Crippen LogP contribution is 2.50. The predicted octanol–water partition coefficient (Wildman–Crippen LogP) is 18.4. The maximum absolute atomic E-state index is 13.6. The molecule has 1 N–H and O–H groups in total. The van der Waals surface area contributed by atoms with Gasteiger partial charge in [-0.3, -0.25) is 38.6 Å². The Hall–Kier alpha value is -12.5. The molecule has 6 aliphatic heterocycles. The van der Waals surface area contributed by atoms with E-state index < -0.39 is 53.5 Å². The molecule has 660 valence electrons. The Morgan fingerprint density at radius 3 is 0.865 bits per heavy atom. The van der Waals surface area contributed by atoms with Gasteiger partial charge in [-0.05, 0) is 189 Å². The van der Waals surface area contributed by atoms with Gasteiger partial charge in [-0.2, -0.15) is 0 Å². The van der Waals surface area contributed by atoms with E-state index in [-0.39, 0.29) is 113 Å².